The van der Waals surface area contributed by atoms with Gasteiger partial charge in [0.05, 0.1) is 0 Å². The van der Waals surface area contributed by atoms with E-state index in [1.807, 2.05) is 0 Å². The van der Waals surface area contributed by atoms with Crippen molar-refractivity contribution >= 4 is 11.8 Å². The molecule has 2 N–H and O–H groups in total. The van der Waals surface area contributed by atoms with Gasteiger partial charge < -0.3 is 5.73 Å². The Bertz CT molecular complexity index is 166. The molecule has 90 valence electrons. The van der Waals surface area contributed by atoms with Crippen molar-refractivity contribution in [2.24, 2.45) is 11.7 Å². The van der Waals surface area contributed by atoms with Gasteiger partial charge in [0.1, 0.15) is 0 Å². The molecule has 0 saturated heterocycles. The summed E-state index contributed by atoms with van der Waals surface area (Å²) in [4.78, 5) is 0. The van der Waals surface area contributed by atoms with Crippen molar-refractivity contribution in [3.63, 3.8) is 0 Å². The third kappa shape index (κ3) is 5.26. The Morgan fingerprint density at radius 3 is 2.07 bits per heavy atom. The zero-order valence-corrected chi connectivity index (χ0v) is 11.4. The molecule has 1 fully saturated rings. The fourth-order valence-electron chi connectivity index (χ4n) is 2.47. The highest BCUT2D eigenvalue weighted by molar-refractivity contribution is 8.01. The zero-order chi connectivity index (χ0) is 11.3. The number of hydrogen-bond acceptors (Lipinski definition) is 2. The lowest BCUT2D eigenvalue weighted by molar-refractivity contribution is 0.443. The van der Waals surface area contributed by atoms with Gasteiger partial charge in [0.25, 0.3) is 0 Å². The normalized spacial score (nSPS) is 22.4. The van der Waals surface area contributed by atoms with Crippen molar-refractivity contribution < 1.29 is 0 Å². The molecule has 1 saturated carbocycles. The van der Waals surface area contributed by atoms with Gasteiger partial charge in [-0.05, 0) is 18.8 Å². The van der Waals surface area contributed by atoms with Crippen molar-refractivity contribution in [3.05, 3.63) is 0 Å². The van der Waals surface area contributed by atoms with Crippen LogP contribution >= 0.6 is 11.8 Å². The number of nitrogens with two attached hydrogens (primary N) is 1. The van der Waals surface area contributed by atoms with Crippen LogP contribution in [-0.2, 0) is 0 Å². The van der Waals surface area contributed by atoms with Crippen LogP contribution in [0.4, 0.5) is 0 Å². The van der Waals surface area contributed by atoms with Crippen molar-refractivity contribution in [3.8, 4) is 0 Å². The molecule has 15 heavy (non-hydrogen) atoms. The number of hydrogen-bond donors (Lipinski definition) is 1. The van der Waals surface area contributed by atoms with E-state index in [0.717, 1.165) is 12.5 Å². The Kier molecular flexibility index (Phi) is 5.48. The van der Waals surface area contributed by atoms with Gasteiger partial charge in [0.2, 0.25) is 0 Å². The molecule has 0 aromatic carbocycles. The molecule has 0 heterocycles. The monoisotopic (exact) mass is 229 g/mol. The summed E-state index contributed by atoms with van der Waals surface area (Å²) in [5.74, 6) is 0.877. The van der Waals surface area contributed by atoms with Gasteiger partial charge in [0, 0.05) is 16.5 Å². The Balaban J connectivity index is 2.48. The molecule has 0 spiro atoms. The molecule has 0 aromatic heterocycles. The fourth-order valence-corrected chi connectivity index (χ4v) is 3.94. The van der Waals surface area contributed by atoms with E-state index in [2.05, 4.69) is 32.5 Å². The summed E-state index contributed by atoms with van der Waals surface area (Å²) in [5, 5.41) is 0.683. The Labute approximate surface area is 99.6 Å². The Hall–Kier alpha value is 0.310. The van der Waals surface area contributed by atoms with Gasteiger partial charge in [-0.2, -0.15) is 11.8 Å². The van der Waals surface area contributed by atoms with Crippen molar-refractivity contribution in [2.75, 3.05) is 6.54 Å². The minimum absolute atomic E-state index is 0.357. The lowest BCUT2D eigenvalue weighted by Gasteiger charge is -2.30. The van der Waals surface area contributed by atoms with Gasteiger partial charge in [-0.25, -0.2) is 0 Å². The third-order valence-corrected chi connectivity index (χ3v) is 4.75. The molecule has 0 aliphatic heterocycles. The predicted molar refractivity (Wildman–Crippen MR) is 71.4 cm³/mol. The first-order valence-corrected chi connectivity index (χ1v) is 7.29. The minimum Gasteiger partial charge on any atom is -0.329 e. The minimum atomic E-state index is 0.357. The van der Waals surface area contributed by atoms with Crippen LogP contribution in [0, 0.1) is 5.92 Å². The van der Waals surface area contributed by atoms with Crippen LogP contribution in [0.1, 0.15) is 59.3 Å². The van der Waals surface area contributed by atoms with Crippen LogP contribution in [-0.4, -0.2) is 16.5 Å². The number of thioether (sulfide) groups is 1. The second kappa shape index (κ2) is 6.15. The standard InChI is InChI=1S/C13H27NS/c1-13(2,3)15-12(10-14)11-8-6-4-5-7-9-11/h11-12H,4-10,14H2,1-3H3. The smallest absolute Gasteiger partial charge is 0.0203 e. The summed E-state index contributed by atoms with van der Waals surface area (Å²) in [5.41, 5.74) is 5.94. The SMILES string of the molecule is CC(C)(C)SC(CN)C1CCCCCC1. The maximum atomic E-state index is 5.94. The topological polar surface area (TPSA) is 26.0 Å². The first-order valence-electron chi connectivity index (χ1n) is 6.41. The molecular weight excluding hydrogens is 202 g/mol. The molecule has 1 aliphatic carbocycles. The quantitative estimate of drug-likeness (QED) is 0.745. The molecule has 1 nitrogen and oxygen atoms in total. The average molecular weight is 229 g/mol. The summed E-state index contributed by atoms with van der Waals surface area (Å²) in [7, 11) is 0. The summed E-state index contributed by atoms with van der Waals surface area (Å²) in [6, 6.07) is 0. The van der Waals surface area contributed by atoms with Gasteiger partial charge in [-0.1, -0.05) is 46.5 Å². The van der Waals surface area contributed by atoms with Crippen molar-refractivity contribution in [1.29, 1.82) is 0 Å². The van der Waals surface area contributed by atoms with E-state index in [1.54, 1.807) is 0 Å². The van der Waals surface area contributed by atoms with Gasteiger partial charge in [0.15, 0.2) is 0 Å². The molecule has 0 bridgehead atoms. The molecule has 1 unspecified atom stereocenters. The van der Waals surface area contributed by atoms with Crippen LogP contribution in [0.2, 0.25) is 0 Å². The van der Waals surface area contributed by atoms with E-state index in [-0.39, 0.29) is 0 Å². The molecule has 1 rings (SSSR count). The van der Waals surface area contributed by atoms with Crippen LogP contribution in [0.15, 0.2) is 0 Å². The largest absolute Gasteiger partial charge is 0.329 e. The first-order chi connectivity index (χ1) is 7.03. The highest BCUT2D eigenvalue weighted by atomic mass is 32.2. The fraction of sp³-hybridized carbons (Fsp3) is 1.00. The van der Waals surface area contributed by atoms with Crippen molar-refractivity contribution in [1.82, 2.24) is 0 Å². The summed E-state index contributed by atoms with van der Waals surface area (Å²) < 4.78 is 0.357. The molecule has 0 aromatic rings. The van der Waals surface area contributed by atoms with E-state index in [4.69, 9.17) is 5.73 Å². The summed E-state index contributed by atoms with van der Waals surface area (Å²) >= 11 is 2.09. The molecular formula is C13H27NS. The number of rotatable bonds is 3. The highest BCUT2D eigenvalue weighted by Crippen LogP contribution is 2.37. The van der Waals surface area contributed by atoms with E-state index < -0.39 is 0 Å². The maximum Gasteiger partial charge on any atom is 0.0203 e. The first kappa shape index (κ1) is 13.4. The molecule has 0 amide bonds. The second-order valence-electron chi connectivity index (χ2n) is 5.76. The van der Waals surface area contributed by atoms with E-state index in [9.17, 15) is 0 Å². The van der Waals surface area contributed by atoms with Gasteiger partial charge in [-0.15, -0.1) is 0 Å². The molecule has 2 heteroatoms. The average Bonchev–Trinajstić information content (AvgIpc) is 2.40. The van der Waals surface area contributed by atoms with Crippen LogP contribution in [0.25, 0.3) is 0 Å². The lowest BCUT2D eigenvalue weighted by Crippen LogP contribution is -2.30. The lowest BCUT2D eigenvalue weighted by atomic mass is 9.96. The zero-order valence-electron chi connectivity index (χ0n) is 10.6. The molecule has 1 aliphatic rings. The summed E-state index contributed by atoms with van der Waals surface area (Å²) in [6.45, 7) is 7.76. The van der Waals surface area contributed by atoms with E-state index >= 15 is 0 Å². The maximum absolute atomic E-state index is 5.94. The van der Waals surface area contributed by atoms with Crippen molar-refractivity contribution in [2.45, 2.75) is 69.3 Å². The van der Waals surface area contributed by atoms with Gasteiger partial charge >= 0.3 is 0 Å². The van der Waals surface area contributed by atoms with Gasteiger partial charge in [-0.3, -0.25) is 0 Å². The van der Waals surface area contributed by atoms with Crippen LogP contribution in [0.5, 0.6) is 0 Å². The molecule has 0 radical (unpaired) electrons. The molecule has 1 atom stereocenters. The van der Waals surface area contributed by atoms with Crippen LogP contribution in [0.3, 0.4) is 0 Å². The van der Waals surface area contributed by atoms with E-state index in [0.29, 0.717) is 10.00 Å². The second-order valence-corrected chi connectivity index (χ2v) is 7.82. The Morgan fingerprint density at radius 1 is 1.13 bits per heavy atom. The summed E-state index contributed by atoms with van der Waals surface area (Å²) in [6.07, 6.45) is 8.54. The van der Waals surface area contributed by atoms with E-state index in [1.165, 1.54) is 38.5 Å². The van der Waals surface area contributed by atoms with Crippen LogP contribution < -0.4 is 5.73 Å². The predicted octanol–water partition coefficient (Wildman–Crippen LogP) is 3.82. The highest BCUT2D eigenvalue weighted by Gasteiger charge is 2.26. The Morgan fingerprint density at radius 2 is 1.67 bits per heavy atom. The third-order valence-electron chi connectivity index (χ3n) is 3.16.